The second-order valence-electron chi connectivity index (χ2n) is 2.75. The van der Waals surface area contributed by atoms with Crippen LogP contribution in [0.1, 0.15) is 10.4 Å². The second kappa shape index (κ2) is 4.45. The van der Waals surface area contributed by atoms with Crippen molar-refractivity contribution in [1.82, 2.24) is 0 Å². The minimum absolute atomic E-state index is 0.159. The third kappa shape index (κ3) is 2.12. The van der Waals surface area contributed by atoms with Gasteiger partial charge in [-0.3, -0.25) is 4.79 Å². The molecule has 0 aliphatic carbocycles. The lowest BCUT2D eigenvalue weighted by Crippen LogP contribution is -2.15. The van der Waals surface area contributed by atoms with E-state index in [-0.39, 0.29) is 17.8 Å². The molecule has 0 spiro atoms. The van der Waals surface area contributed by atoms with E-state index in [1.165, 1.54) is 6.07 Å². The fourth-order valence-corrected chi connectivity index (χ4v) is 1.12. The summed E-state index contributed by atoms with van der Waals surface area (Å²) in [5.74, 6) is -0.591. The van der Waals surface area contributed by atoms with E-state index in [1.54, 1.807) is 12.1 Å². The zero-order valence-corrected chi connectivity index (χ0v) is 7.59. The zero-order valence-electron chi connectivity index (χ0n) is 7.59. The average molecular weight is 197 g/mol. The summed E-state index contributed by atoms with van der Waals surface area (Å²) >= 11 is 0. The molecule has 0 aromatic heterocycles. The van der Waals surface area contributed by atoms with Gasteiger partial charge in [-0.2, -0.15) is 0 Å². The molecule has 1 amide bonds. The van der Waals surface area contributed by atoms with Gasteiger partial charge in [-0.1, -0.05) is 6.07 Å². The number of nitrogen functional groups attached to an aromatic ring is 1. The van der Waals surface area contributed by atoms with Gasteiger partial charge in [0.2, 0.25) is 0 Å². The SMILES string of the molecule is NC(=O)c1cccc(NCCF)c1N. The lowest BCUT2D eigenvalue weighted by Gasteiger charge is -2.09. The van der Waals surface area contributed by atoms with E-state index >= 15 is 0 Å². The molecule has 0 atom stereocenters. The van der Waals surface area contributed by atoms with Crippen LogP contribution in [0, 0.1) is 0 Å². The third-order valence-electron chi connectivity index (χ3n) is 1.78. The minimum atomic E-state index is -0.591. The van der Waals surface area contributed by atoms with Crippen LogP contribution >= 0.6 is 0 Å². The molecule has 5 heteroatoms. The Labute approximate surface area is 81.1 Å². The first-order chi connectivity index (χ1) is 6.66. The number of hydrogen-bond acceptors (Lipinski definition) is 3. The Morgan fingerprint density at radius 2 is 2.21 bits per heavy atom. The van der Waals surface area contributed by atoms with Crippen molar-refractivity contribution >= 4 is 17.3 Å². The smallest absolute Gasteiger partial charge is 0.250 e. The maximum absolute atomic E-state index is 11.9. The number of carbonyl (C=O) groups is 1. The number of para-hydroxylation sites is 1. The summed E-state index contributed by atoms with van der Waals surface area (Å²) in [6, 6.07) is 4.83. The van der Waals surface area contributed by atoms with Gasteiger partial charge in [0.15, 0.2) is 0 Å². The molecular formula is C9H12FN3O. The van der Waals surface area contributed by atoms with Crippen LogP contribution in [0.4, 0.5) is 15.8 Å². The van der Waals surface area contributed by atoms with Crippen LogP contribution in [0.3, 0.4) is 0 Å². The molecule has 0 radical (unpaired) electrons. The van der Waals surface area contributed by atoms with Gasteiger partial charge in [-0.05, 0) is 12.1 Å². The van der Waals surface area contributed by atoms with E-state index in [9.17, 15) is 9.18 Å². The molecule has 0 aliphatic rings. The van der Waals surface area contributed by atoms with E-state index in [0.29, 0.717) is 5.69 Å². The molecule has 5 N–H and O–H groups in total. The second-order valence-corrected chi connectivity index (χ2v) is 2.75. The van der Waals surface area contributed by atoms with E-state index < -0.39 is 12.6 Å². The molecule has 0 saturated carbocycles. The van der Waals surface area contributed by atoms with Crippen molar-refractivity contribution in [3.63, 3.8) is 0 Å². The van der Waals surface area contributed by atoms with Crippen LogP contribution in [0.5, 0.6) is 0 Å². The van der Waals surface area contributed by atoms with Crippen LogP contribution < -0.4 is 16.8 Å². The maximum atomic E-state index is 11.9. The Hall–Kier alpha value is -1.78. The van der Waals surface area contributed by atoms with E-state index in [1.807, 2.05) is 0 Å². The molecule has 0 bridgehead atoms. The lowest BCUT2D eigenvalue weighted by molar-refractivity contribution is 0.100. The first-order valence-corrected chi connectivity index (χ1v) is 4.15. The number of alkyl halides is 1. The van der Waals surface area contributed by atoms with E-state index in [2.05, 4.69) is 5.32 Å². The lowest BCUT2D eigenvalue weighted by atomic mass is 10.1. The molecule has 1 rings (SSSR count). The predicted molar refractivity (Wildman–Crippen MR) is 53.8 cm³/mol. The number of primary amides is 1. The Morgan fingerprint density at radius 3 is 2.79 bits per heavy atom. The molecule has 0 fully saturated rings. The summed E-state index contributed by atoms with van der Waals surface area (Å²) in [6.45, 7) is -0.341. The number of rotatable bonds is 4. The predicted octanol–water partition coefficient (Wildman–Crippen LogP) is 0.749. The summed E-state index contributed by atoms with van der Waals surface area (Å²) in [5, 5.41) is 2.75. The van der Waals surface area contributed by atoms with E-state index in [0.717, 1.165) is 0 Å². The van der Waals surface area contributed by atoms with Crippen LogP contribution in [0.25, 0.3) is 0 Å². The van der Waals surface area contributed by atoms with Gasteiger partial charge >= 0.3 is 0 Å². The summed E-state index contributed by atoms with van der Waals surface area (Å²) < 4.78 is 11.9. The van der Waals surface area contributed by atoms with Crippen molar-refractivity contribution < 1.29 is 9.18 Å². The molecule has 4 nitrogen and oxygen atoms in total. The Balaban J connectivity index is 2.95. The number of anilines is 2. The molecule has 76 valence electrons. The first-order valence-electron chi connectivity index (χ1n) is 4.15. The van der Waals surface area contributed by atoms with Gasteiger partial charge in [0.05, 0.1) is 16.9 Å². The standard InChI is InChI=1S/C9H12FN3O/c10-4-5-13-7-3-1-2-6(8(7)11)9(12)14/h1-3,13H,4-5,11H2,(H2,12,14). The number of amides is 1. The van der Waals surface area contributed by atoms with Crippen molar-refractivity contribution in [1.29, 1.82) is 0 Å². The highest BCUT2D eigenvalue weighted by molar-refractivity contribution is 6.00. The highest BCUT2D eigenvalue weighted by atomic mass is 19.1. The largest absolute Gasteiger partial charge is 0.396 e. The number of benzene rings is 1. The summed E-state index contributed by atoms with van der Waals surface area (Å²) in [5.41, 5.74) is 11.8. The van der Waals surface area contributed by atoms with Crippen molar-refractivity contribution in [3.8, 4) is 0 Å². The first kappa shape index (κ1) is 10.3. The van der Waals surface area contributed by atoms with Gasteiger partial charge in [-0.15, -0.1) is 0 Å². The van der Waals surface area contributed by atoms with Crippen molar-refractivity contribution in [3.05, 3.63) is 23.8 Å². The molecule has 14 heavy (non-hydrogen) atoms. The van der Waals surface area contributed by atoms with Crippen molar-refractivity contribution in [2.24, 2.45) is 5.73 Å². The quantitative estimate of drug-likeness (QED) is 0.623. The highest BCUT2D eigenvalue weighted by Gasteiger charge is 2.08. The maximum Gasteiger partial charge on any atom is 0.250 e. The van der Waals surface area contributed by atoms with Gasteiger partial charge < -0.3 is 16.8 Å². The van der Waals surface area contributed by atoms with Crippen LogP contribution in [-0.2, 0) is 0 Å². The number of carbonyl (C=O) groups excluding carboxylic acids is 1. The van der Waals surface area contributed by atoms with Crippen LogP contribution in [-0.4, -0.2) is 19.1 Å². The van der Waals surface area contributed by atoms with Gasteiger partial charge in [-0.25, -0.2) is 4.39 Å². The minimum Gasteiger partial charge on any atom is -0.396 e. The average Bonchev–Trinajstić information content (AvgIpc) is 2.16. The van der Waals surface area contributed by atoms with Gasteiger partial charge in [0.1, 0.15) is 6.67 Å². The zero-order chi connectivity index (χ0) is 10.6. The monoisotopic (exact) mass is 197 g/mol. The molecule has 1 aromatic carbocycles. The van der Waals surface area contributed by atoms with Gasteiger partial charge in [0, 0.05) is 6.54 Å². The molecular weight excluding hydrogens is 185 g/mol. The van der Waals surface area contributed by atoms with Crippen LogP contribution in [0.15, 0.2) is 18.2 Å². The Morgan fingerprint density at radius 1 is 1.50 bits per heavy atom. The fraction of sp³-hybridized carbons (Fsp3) is 0.222. The topological polar surface area (TPSA) is 81.1 Å². The van der Waals surface area contributed by atoms with Crippen molar-refractivity contribution in [2.45, 2.75) is 0 Å². The number of halogens is 1. The Bertz CT molecular complexity index is 341. The Kier molecular flexibility index (Phi) is 3.28. The van der Waals surface area contributed by atoms with E-state index in [4.69, 9.17) is 11.5 Å². The number of nitrogens with one attached hydrogen (secondary N) is 1. The van der Waals surface area contributed by atoms with Crippen LogP contribution in [0.2, 0.25) is 0 Å². The molecule has 0 aliphatic heterocycles. The number of nitrogens with two attached hydrogens (primary N) is 2. The van der Waals surface area contributed by atoms with Gasteiger partial charge in [0.25, 0.3) is 5.91 Å². The summed E-state index contributed by atoms with van der Waals surface area (Å²) in [6.07, 6.45) is 0. The normalized spacial score (nSPS) is 9.79. The molecule has 1 aromatic rings. The fourth-order valence-electron chi connectivity index (χ4n) is 1.12. The molecule has 0 saturated heterocycles. The summed E-state index contributed by atoms with van der Waals surface area (Å²) in [7, 11) is 0. The van der Waals surface area contributed by atoms with Crippen molar-refractivity contribution in [2.75, 3.05) is 24.3 Å². The third-order valence-corrected chi connectivity index (χ3v) is 1.78. The molecule has 0 heterocycles. The molecule has 0 unspecified atom stereocenters. The highest BCUT2D eigenvalue weighted by Crippen LogP contribution is 2.21. The number of hydrogen-bond donors (Lipinski definition) is 3. The summed E-state index contributed by atoms with van der Waals surface area (Å²) in [4.78, 5) is 10.9.